The molecule has 5 nitrogen and oxygen atoms in total. The minimum absolute atomic E-state index is 0.153. The molecule has 0 radical (unpaired) electrons. The Hall–Kier alpha value is -1.59. The Balaban J connectivity index is 1.61. The Bertz CT molecular complexity index is 465. The van der Waals surface area contributed by atoms with Crippen molar-refractivity contribution in [2.75, 3.05) is 33.4 Å². The fourth-order valence-corrected chi connectivity index (χ4v) is 2.71. The minimum atomic E-state index is -0.153. The van der Waals surface area contributed by atoms with Crippen LogP contribution in [0.4, 0.5) is 4.79 Å². The molecule has 122 valence electrons. The molecule has 5 heteroatoms. The van der Waals surface area contributed by atoms with E-state index in [1.54, 1.807) is 7.11 Å². The molecule has 0 saturated carbocycles. The van der Waals surface area contributed by atoms with E-state index in [0.717, 1.165) is 19.3 Å². The van der Waals surface area contributed by atoms with Gasteiger partial charge in [-0.05, 0) is 36.8 Å². The first-order valence-electron chi connectivity index (χ1n) is 8.01. The van der Waals surface area contributed by atoms with Crippen LogP contribution in [0.5, 0.6) is 0 Å². The maximum absolute atomic E-state index is 11.4. The van der Waals surface area contributed by atoms with Crippen LogP contribution in [0.3, 0.4) is 0 Å². The van der Waals surface area contributed by atoms with Crippen molar-refractivity contribution in [3.8, 4) is 0 Å². The van der Waals surface area contributed by atoms with E-state index in [1.807, 2.05) is 0 Å². The Morgan fingerprint density at radius 3 is 2.91 bits per heavy atom. The number of benzene rings is 1. The molecule has 0 heterocycles. The third kappa shape index (κ3) is 5.31. The normalized spacial score (nSPS) is 16.9. The van der Waals surface area contributed by atoms with Gasteiger partial charge in [0.15, 0.2) is 0 Å². The van der Waals surface area contributed by atoms with E-state index in [1.165, 1.54) is 17.5 Å². The summed E-state index contributed by atoms with van der Waals surface area (Å²) in [7, 11) is 1.61. The van der Waals surface area contributed by atoms with Crippen LogP contribution in [0, 0.1) is 0 Å². The number of hydrogen-bond donors (Lipinski definition) is 2. The van der Waals surface area contributed by atoms with Crippen LogP contribution >= 0.6 is 0 Å². The molecule has 1 aromatic rings. The Kier molecular flexibility index (Phi) is 7.19. The number of ether oxygens (including phenoxy) is 2. The maximum Gasteiger partial charge on any atom is 0.314 e. The molecule has 1 atom stereocenters. The summed E-state index contributed by atoms with van der Waals surface area (Å²) in [6, 6.07) is 8.37. The molecule has 0 spiro atoms. The van der Waals surface area contributed by atoms with Crippen molar-refractivity contribution in [2.24, 2.45) is 0 Å². The molecule has 1 aromatic carbocycles. The smallest absolute Gasteiger partial charge is 0.314 e. The number of amides is 2. The van der Waals surface area contributed by atoms with Gasteiger partial charge in [0.25, 0.3) is 0 Å². The number of nitrogens with one attached hydrogen (secondary N) is 2. The van der Waals surface area contributed by atoms with Crippen LogP contribution in [-0.4, -0.2) is 39.4 Å². The summed E-state index contributed by atoms with van der Waals surface area (Å²) in [5.41, 5.74) is 2.74. The molecular weight excluding hydrogens is 280 g/mol. The molecule has 0 aliphatic heterocycles. The van der Waals surface area contributed by atoms with Crippen LogP contribution in [0.1, 0.15) is 36.5 Å². The van der Waals surface area contributed by atoms with Crippen LogP contribution in [-0.2, 0) is 15.9 Å². The van der Waals surface area contributed by atoms with Gasteiger partial charge in [0, 0.05) is 26.8 Å². The highest BCUT2D eigenvalue weighted by atomic mass is 16.5. The standard InChI is InChI=1S/C17H26N2O3/c1-21-13-11-19-17(20)18-10-5-12-22-16-9-4-7-14-6-2-3-8-15(14)16/h2-3,6,8,16H,4-5,7,9-13H2,1H3,(H2,18,19,20)/t16-/m1/s1. The molecule has 0 aromatic heterocycles. The van der Waals surface area contributed by atoms with E-state index in [-0.39, 0.29) is 12.1 Å². The first-order chi connectivity index (χ1) is 10.8. The Morgan fingerprint density at radius 2 is 2.05 bits per heavy atom. The molecule has 0 saturated heterocycles. The van der Waals surface area contributed by atoms with Gasteiger partial charge in [0.05, 0.1) is 12.7 Å². The summed E-state index contributed by atoms with van der Waals surface area (Å²) in [5.74, 6) is 0. The van der Waals surface area contributed by atoms with E-state index in [0.29, 0.717) is 26.3 Å². The lowest BCUT2D eigenvalue weighted by Gasteiger charge is -2.25. The highest BCUT2D eigenvalue weighted by Crippen LogP contribution is 2.32. The lowest BCUT2D eigenvalue weighted by molar-refractivity contribution is 0.0396. The quantitative estimate of drug-likeness (QED) is 0.725. The van der Waals surface area contributed by atoms with Crippen molar-refractivity contribution in [2.45, 2.75) is 31.8 Å². The fraction of sp³-hybridized carbons (Fsp3) is 0.588. The molecule has 2 amide bonds. The highest BCUT2D eigenvalue weighted by Gasteiger charge is 2.19. The van der Waals surface area contributed by atoms with Gasteiger partial charge in [-0.15, -0.1) is 0 Å². The average Bonchev–Trinajstić information content (AvgIpc) is 2.55. The fourth-order valence-electron chi connectivity index (χ4n) is 2.71. The molecule has 2 rings (SSSR count). The lowest BCUT2D eigenvalue weighted by Crippen LogP contribution is -2.37. The van der Waals surface area contributed by atoms with E-state index < -0.39 is 0 Å². The first-order valence-corrected chi connectivity index (χ1v) is 8.01. The number of urea groups is 1. The second kappa shape index (κ2) is 9.43. The lowest BCUT2D eigenvalue weighted by atomic mass is 9.89. The van der Waals surface area contributed by atoms with Gasteiger partial charge < -0.3 is 20.1 Å². The number of rotatable bonds is 8. The first kappa shape index (κ1) is 16.8. The van der Waals surface area contributed by atoms with Gasteiger partial charge in [-0.2, -0.15) is 0 Å². The summed E-state index contributed by atoms with van der Waals surface area (Å²) in [4.78, 5) is 11.4. The third-order valence-electron chi connectivity index (χ3n) is 3.83. The SMILES string of the molecule is COCCNC(=O)NCCCO[C@@H]1CCCc2ccccc21. The number of carbonyl (C=O) groups excluding carboxylic acids is 1. The van der Waals surface area contributed by atoms with Gasteiger partial charge in [-0.25, -0.2) is 4.79 Å². The largest absolute Gasteiger partial charge is 0.383 e. The predicted octanol–water partition coefficient (Wildman–Crippen LogP) is 2.42. The Labute approximate surface area is 132 Å². The zero-order valence-corrected chi connectivity index (χ0v) is 13.3. The van der Waals surface area contributed by atoms with Crippen molar-refractivity contribution in [3.05, 3.63) is 35.4 Å². The predicted molar refractivity (Wildman–Crippen MR) is 86.0 cm³/mol. The van der Waals surface area contributed by atoms with Crippen LogP contribution in [0.2, 0.25) is 0 Å². The molecule has 1 aliphatic carbocycles. The van der Waals surface area contributed by atoms with Gasteiger partial charge in [-0.3, -0.25) is 0 Å². The van der Waals surface area contributed by atoms with Crippen LogP contribution < -0.4 is 10.6 Å². The summed E-state index contributed by atoms with van der Waals surface area (Å²) < 4.78 is 10.9. The number of carbonyl (C=O) groups is 1. The van der Waals surface area contributed by atoms with Crippen molar-refractivity contribution in [3.63, 3.8) is 0 Å². The number of hydrogen-bond acceptors (Lipinski definition) is 3. The number of aryl methyl sites for hydroxylation is 1. The maximum atomic E-state index is 11.4. The number of methoxy groups -OCH3 is 1. The van der Waals surface area contributed by atoms with Gasteiger partial charge in [-0.1, -0.05) is 24.3 Å². The monoisotopic (exact) mass is 306 g/mol. The van der Waals surface area contributed by atoms with Gasteiger partial charge >= 0.3 is 6.03 Å². The molecule has 0 bridgehead atoms. The van der Waals surface area contributed by atoms with Crippen molar-refractivity contribution < 1.29 is 14.3 Å². The average molecular weight is 306 g/mol. The van der Waals surface area contributed by atoms with Gasteiger partial charge in [0.1, 0.15) is 0 Å². The van der Waals surface area contributed by atoms with Crippen molar-refractivity contribution in [1.29, 1.82) is 0 Å². The second-order valence-electron chi connectivity index (χ2n) is 5.48. The van der Waals surface area contributed by atoms with E-state index in [9.17, 15) is 4.79 Å². The molecular formula is C17H26N2O3. The van der Waals surface area contributed by atoms with Crippen LogP contribution in [0.25, 0.3) is 0 Å². The Morgan fingerprint density at radius 1 is 1.23 bits per heavy atom. The summed E-state index contributed by atoms with van der Waals surface area (Å²) in [6.45, 7) is 2.33. The third-order valence-corrected chi connectivity index (χ3v) is 3.83. The van der Waals surface area contributed by atoms with E-state index in [2.05, 4.69) is 34.9 Å². The molecule has 2 N–H and O–H groups in total. The minimum Gasteiger partial charge on any atom is -0.383 e. The summed E-state index contributed by atoms with van der Waals surface area (Å²) in [6.07, 6.45) is 4.44. The molecule has 0 fully saturated rings. The number of fused-ring (bicyclic) bond motifs is 1. The van der Waals surface area contributed by atoms with Crippen molar-refractivity contribution >= 4 is 6.03 Å². The van der Waals surface area contributed by atoms with Crippen LogP contribution in [0.15, 0.2) is 24.3 Å². The zero-order valence-electron chi connectivity index (χ0n) is 13.3. The topological polar surface area (TPSA) is 59.6 Å². The summed E-state index contributed by atoms with van der Waals surface area (Å²) >= 11 is 0. The molecule has 1 aliphatic rings. The van der Waals surface area contributed by atoms with E-state index in [4.69, 9.17) is 9.47 Å². The molecule has 22 heavy (non-hydrogen) atoms. The zero-order chi connectivity index (χ0) is 15.6. The van der Waals surface area contributed by atoms with Crippen molar-refractivity contribution in [1.82, 2.24) is 10.6 Å². The van der Waals surface area contributed by atoms with Gasteiger partial charge in [0.2, 0.25) is 0 Å². The second-order valence-corrected chi connectivity index (χ2v) is 5.48. The van der Waals surface area contributed by atoms with E-state index >= 15 is 0 Å². The summed E-state index contributed by atoms with van der Waals surface area (Å²) in [5, 5.41) is 5.53. The molecule has 0 unspecified atom stereocenters. The highest BCUT2D eigenvalue weighted by molar-refractivity contribution is 5.73.